The van der Waals surface area contributed by atoms with Gasteiger partial charge in [0, 0.05) is 25.7 Å². The number of amides is 3. The number of carbonyl (C=O) groups is 3. The average molecular weight is 556 g/mol. The van der Waals surface area contributed by atoms with Crippen LogP contribution in [0.25, 0.3) is 0 Å². The number of likely N-dealkylation sites (tertiary alicyclic amines) is 3. The van der Waals surface area contributed by atoms with E-state index < -0.39 is 29.8 Å². The van der Waals surface area contributed by atoms with Crippen LogP contribution in [0.15, 0.2) is 24.3 Å². The summed E-state index contributed by atoms with van der Waals surface area (Å²) in [6.45, 7) is 14.6. The number of ether oxygens (including phenoxy) is 1. The normalized spacial score (nSPS) is 26.5. The number of halogens is 1. The molecule has 9 nitrogen and oxygen atoms in total. The summed E-state index contributed by atoms with van der Waals surface area (Å²) in [5.74, 6) is -0.521. The fraction of sp³-hybridized carbons (Fsp3) is 0.667. The van der Waals surface area contributed by atoms with E-state index >= 15 is 0 Å². The van der Waals surface area contributed by atoms with Gasteiger partial charge in [-0.2, -0.15) is 5.26 Å². The number of hydrogen-bond donors (Lipinski definition) is 1. The Labute approximate surface area is 236 Å². The van der Waals surface area contributed by atoms with E-state index in [0.29, 0.717) is 25.9 Å². The van der Waals surface area contributed by atoms with Crippen molar-refractivity contribution in [2.24, 2.45) is 11.3 Å². The van der Waals surface area contributed by atoms with Crippen LogP contribution in [0.1, 0.15) is 72.9 Å². The Hall–Kier alpha value is -3.19. The zero-order valence-corrected chi connectivity index (χ0v) is 24.6. The quantitative estimate of drug-likeness (QED) is 0.572. The number of fused-ring (bicyclic) bond motifs is 2. The van der Waals surface area contributed by atoms with E-state index in [1.165, 1.54) is 12.1 Å². The zero-order valence-electron chi connectivity index (χ0n) is 24.6. The SMILES string of the molecule is CC1CC(C#N)N(C(=O)C(CN2C[C@@H]3CC2C(=O)N3C(c2ccc(F)cc2)C(C)(C)C)NC(=O)OC(C)(C)C)C1. The maximum absolute atomic E-state index is 13.8. The van der Waals surface area contributed by atoms with Gasteiger partial charge in [0.05, 0.1) is 18.2 Å². The van der Waals surface area contributed by atoms with Crippen molar-refractivity contribution in [1.82, 2.24) is 20.0 Å². The number of piperazine rings is 1. The Morgan fingerprint density at radius 1 is 1.12 bits per heavy atom. The molecule has 1 N–H and O–H groups in total. The zero-order chi connectivity index (χ0) is 29.6. The number of nitrogens with one attached hydrogen (secondary N) is 1. The van der Waals surface area contributed by atoms with Crippen molar-refractivity contribution in [2.75, 3.05) is 19.6 Å². The predicted molar refractivity (Wildman–Crippen MR) is 147 cm³/mol. The van der Waals surface area contributed by atoms with E-state index in [1.807, 2.05) is 16.7 Å². The highest BCUT2D eigenvalue weighted by Gasteiger charge is 2.54. The molecule has 3 amide bonds. The number of hydrogen-bond acceptors (Lipinski definition) is 6. The Bertz CT molecular complexity index is 1170. The van der Waals surface area contributed by atoms with Crippen molar-refractivity contribution in [3.8, 4) is 6.07 Å². The number of nitriles is 1. The van der Waals surface area contributed by atoms with Gasteiger partial charge < -0.3 is 19.9 Å². The van der Waals surface area contributed by atoms with Gasteiger partial charge in [-0.1, -0.05) is 39.8 Å². The summed E-state index contributed by atoms with van der Waals surface area (Å²) < 4.78 is 19.1. The molecular formula is C30H42FN5O4. The van der Waals surface area contributed by atoms with Gasteiger partial charge in [0.15, 0.2) is 0 Å². The highest BCUT2D eigenvalue weighted by atomic mass is 19.1. The van der Waals surface area contributed by atoms with Gasteiger partial charge in [-0.15, -0.1) is 0 Å². The van der Waals surface area contributed by atoms with E-state index in [1.54, 1.807) is 37.8 Å². The summed E-state index contributed by atoms with van der Waals surface area (Å²) in [5.41, 5.74) is -0.162. The Kier molecular flexibility index (Phi) is 8.19. The molecule has 10 heteroatoms. The molecule has 40 heavy (non-hydrogen) atoms. The third-order valence-electron chi connectivity index (χ3n) is 7.95. The molecule has 0 aliphatic carbocycles. The molecule has 1 aromatic rings. The third-order valence-corrected chi connectivity index (χ3v) is 7.95. The summed E-state index contributed by atoms with van der Waals surface area (Å²) in [5, 5.41) is 12.4. The van der Waals surface area contributed by atoms with Gasteiger partial charge in [-0.3, -0.25) is 14.5 Å². The Balaban J connectivity index is 1.55. The first-order valence-corrected chi connectivity index (χ1v) is 14.1. The molecular weight excluding hydrogens is 513 g/mol. The summed E-state index contributed by atoms with van der Waals surface area (Å²) >= 11 is 0. The lowest BCUT2D eigenvalue weighted by Gasteiger charge is -2.45. The topological polar surface area (TPSA) is 106 Å². The monoisotopic (exact) mass is 555 g/mol. The molecule has 4 rings (SSSR count). The summed E-state index contributed by atoms with van der Waals surface area (Å²) in [6.07, 6.45) is 0.482. The lowest BCUT2D eigenvalue weighted by molar-refractivity contribution is -0.144. The van der Waals surface area contributed by atoms with Crippen LogP contribution in [0.4, 0.5) is 9.18 Å². The lowest BCUT2D eigenvalue weighted by atomic mass is 9.80. The van der Waals surface area contributed by atoms with Gasteiger partial charge >= 0.3 is 6.09 Å². The third kappa shape index (κ3) is 6.25. The molecule has 0 radical (unpaired) electrons. The summed E-state index contributed by atoms with van der Waals surface area (Å²) in [7, 11) is 0. The minimum Gasteiger partial charge on any atom is -0.444 e. The number of alkyl carbamates (subject to hydrolysis) is 1. The first kappa shape index (κ1) is 29.8. The lowest BCUT2D eigenvalue weighted by Crippen LogP contribution is -2.59. The fourth-order valence-electron chi connectivity index (χ4n) is 6.43. The van der Waals surface area contributed by atoms with E-state index in [0.717, 1.165) is 5.56 Å². The van der Waals surface area contributed by atoms with Gasteiger partial charge in [0.25, 0.3) is 0 Å². The molecule has 0 saturated carbocycles. The second-order valence-electron chi connectivity index (χ2n) is 13.6. The minimum absolute atomic E-state index is 0.0336. The molecule has 0 spiro atoms. The fourth-order valence-corrected chi connectivity index (χ4v) is 6.43. The van der Waals surface area contributed by atoms with Crippen molar-refractivity contribution in [3.63, 3.8) is 0 Å². The van der Waals surface area contributed by atoms with Gasteiger partial charge in [0.2, 0.25) is 11.8 Å². The summed E-state index contributed by atoms with van der Waals surface area (Å²) in [4.78, 5) is 45.7. The van der Waals surface area contributed by atoms with Crippen LogP contribution in [-0.2, 0) is 14.3 Å². The second kappa shape index (κ2) is 11.0. The van der Waals surface area contributed by atoms with Crippen molar-refractivity contribution in [2.45, 2.75) is 97.1 Å². The second-order valence-corrected chi connectivity index (χ2v) is 13.6. The molecule has 3 fully saturated rings. The van der Waals surface area contributed by atoms with Crippen LogP contribution in [0.2, 0.25) is 0 Å². The molecule has 3 aliphatic rings. The maximum Gasteiger partial charge on any atom is 0.408 e. The largest absolute Gasteiger partial charge is 0.444 e. The molecule has 2 bridgehead atoms. The number of carbonyl (C=O) groups excluding carboxylic acids is 3. The summed E-state index contributed by atoms with van der Waals surface area (Å²) in [6, 6.07) is 6.26. The van der Waals surface area contributed by atoms with Crippen LogP contribution in [0, 0.1) is 28.5 Å². The number of benzene rings is 1. The van der Waals surface area contributed by atoms with Gasteiger partial charge in [-0.25, -0.2) is 9.18 Å². The van der Waals surface area contributed by atoms with Crippen LogP contribution in [-0.4, -0.2) is 82.0 Å². The van der Waals surface area contributed by atoms with Crippen molar-refractivity contribution in [3.05, 3.63) is 35.6 Å². The average Bonchev–Trinajstić information content (AvgIpc) is 3.51. The van der Waals surface area contributed by atoms with Crippen molar-refractivity contribution < 1.29 is 23.5 Å². The minimum atomic E-state index is -0.966. The van der Waals surface area contributed by atoms with E-state index in [2.05, 4.69) is 32.2 Å². The van der Waals surface area contributed by atoms with Gasteiger partial charge in [-0.05, 0) is 62.6 Å². The van der Waals surface area contributed by atoms with Crippen molar-refractivity contribution in [1.29, 1.82) is 5.26 Å². The number of rotatable bonds is 6. The standard InChI is InChI=1S/C30H42FN5O4/c1-18-12-21(14-32)35(15-18)26(37)23(33-28(39)40-30(5,6)7)17-34-16-22-13-24(34)27(38)36(22)25(29(2,3)4)19-8-10-20(31)11-9-19/h8-11,18,21-25H,12-13,15-17H2,1-7H3,(H,33,39)/t18?,21?,22-,23?,24?,25?/m0/s1. The first-order chi connectivity index (χ1) is 18.6. The Morgan fingerprint density at radius 3 is 2.33 bits per heavy atom. The van der Waals surface area contributed by atoms with E-state index in [-0.39, 0.29) is 47.6 Å². The molecule has 218 valence electrons. The first-order valence-electron chi connectivity index (χ1n) is 14.1. The number of nitrogens with zero attached hydrogens (tertiary/aromatic N) is 4. The molecule has 0 aromatic heterocycles. The van der Waals surface area contributed by atoms with Crippen LogP contribution >= 0.6 is 0 Å². The Morgan fingerprint density at radius 2 is 1.77 bits per heavy atom. The van der Waals surface area contributed by atoms with Gasteiger partial charge in [0.1, 0.15) is 23.5 Å². The van der Waals surface area contributed by atoms with Crippen LogP contribution in [0.3, 0.4) is 0 Å². The highest BCUT2D eigenvalue weighted by Crippen LogP contribution is 2.45. The maximum atomic E-state index is 13.8. The molecule has 3 heterocycles. The molecule has 5 unspecified atom stereocenters. The van der Waals surface area contributed by atoms with Crippen LogP contribution < -0.4 is 5.32 Å². The van der Waals surface area contributed by atoms with E-state index in [9.17, 15) is 24.0 Å². The molecule has 6 atom stereocenters. The molecule has 3 aliphatic heterocycles. The highest BCUT2D eigenvalue weighted by molar-refractivity contribution is 5.88. The van der Waals surface area contributed by atoms with E-state index in [4.69, 9.17) is 4.74 Å². The molecule has 3 saturated heterocycles. The predicted octanol–water partition coefficient (Wildman–Crippen LogP) is 3.85. The smallest absolute Gasteiger partial charge is 0.408 e. The molecule has 1 aromatic carbocycles. The van der Waals surface area contributed by atoms with Crippen LogP contribution in [0.5, 0.6) is 0 Å². The van der Waals surface area contributed by atoms with Crippen molar-refractivity contribution >= 4 is 17.9 Å².